The van der Waals surface area contributed by atoms with Crippen molar-refractivity contribution in [2.24, 2.45) is 0 Å². The van der Waals surface area contributed by atoms with Gasteiger partial charge in [0, 0.05) is 30.4 Å². The van der Waals surface area contributed by atoms with Crippen molar-refractivity contribution in [3.05, 3.63) is 46.8 Å². The highest BCUT2D eigenvalue weighted by Crippen LogP contribution is 2.30. The van der Waals surface area contributed by atoms with Crippen LogP contribution in [0, 0.1) is 13.8 Å². The average molecular weight is 341 g/mol. The van der Waals surface area contributed by atoms with Crippen LogP contribution in [0.2, 0.25) is 0 Å². The van der Waals surface area contributed by atoms with Crippen molar-refractivity contribution in [1.29, 1.82) is 0 Å². The summed E-state index contributed by atoms with van der Waals surface area (Å²) in [6.07, 6.45) is 3.32. The van der Waals surface area contributed by atoms with E-state index < -0.39 is 0 Å². The molecule has 0 fully saturated rings. The summed E-state index contributed by atoms with van der Waals surface area (Å²) in [5.74, 6) is 1.73. The van der Waals surface area contributed by atoms with Crippen LogP contribution in [-0.4, -0.2) is 48.5 Å². The van der Waals surface area contributed by atoms with Crippen LogP contribution in [0.1, 0.15) is 23.4 Å². The molecule has 0 radical (unpaired) electrons. The fourth-order valence-corrected chi connectivity index (χ4v) is 3.23. The maximum atomic E-state index is 5.88. The summed E-state index contributed by atoms with van der Waals surface area (Å²) in [7, 11) is 3.83. The Kier molecular flexibility index (Phi) is 5.43. The van der Waals surface area contributed by atoms with Crippen molar-refractivity contribution >= 4 is 6.08 Å². The quantitative estimate of drug-likeness (QED) is 0.775. The molecule has 0 unspecified atom stereocenters. The van der Waals surface area contributed by atoms with Crippen molar-refractivity contribution in [1.82, 2.24) is 14.7 Å². The molecule has 0 N–H and O–H groups in total. The van der Waals surface area contributed by atoms with Gasteiger partial charge in [-0.1, -0.05) is 0 Å². The number of aromatic nitrogens is 2. The number of hydrogen-bond donors (Lipinski definition) is 0. The molecular formula is C20H27N3O2. The molecule has 0 saturated heterocycles. The average Bonchev–Trinajstić information content (AvgIpc) is 2.92. The predicted octanol–water partition coefficient (Wildman–Crippen LogP) is 3.31. The minimum Gasteiger partial charge on any atom is -0.497 e. The van der Waals surface area contributed by atoms with E-state index in [1.54, 1.807) is 7.11 Å². The Labute approximate surface area is 149 Å². The summed E-state index contributed by atoms with van der Waals surface area (Å²) >= 11 is 0. The molecule has 2 heterocycles. The number of likely N-dealkylation sites (N-methyl/N-ethyl adjacent to an activating group) is 1. The Morgan fingerprint density at radius 3 is 2.84 bits per heavy atom. The summed E-state index contributed by atoms with van der Waals surface area (Å²) in [5, 5.41) is 4.52. The van der Waals surface area contributed by atoms with Gasteiger partial charge in [-0.25, -0.2) is 0 Å². The van der Waals surface area contributed by atoms with Gasteiger partial charge in [0.05, 0.1) is 12.8 Å². The van der Waals surface area contributed by atoms with Crippen molar-refractivity contribution in [3.63, 3.8) is 0 Å². The summed E-state index contributed by atoms with van der Waals surface area (Å²) in [6, 6.07) is 8.09. The zero-order valence-corrected chi connectivity index (χ0v) is 15.6. The molecular weight excluding hydrogens is 314 g/mol. The molecule has 5 heteroatoms. The molecule has 134 valence electrons. The third kappa shape index (κ3) is 4.42. The molecule has 5 nitrogen and oxygen atoms in total. The summed E-state index contributed by atoms with van der Waals surface area (Å²) < 4.78 is 13.2. The van der Waals surface area contributed by atoms with E-state index in [4.69, 9.17) is 9.47 Å². The van der Waals surface area contributed by atoms with E-state index in [0.29, 0.717) is 6.61 Å². The molecule has 0 bridgehead atoms. The highest BCUT2D eigenvalue weighted by Gasteiger charge is 2.14. The molecule has 0 aliphatic carbocycles. The van der Waals surface area contributed by atoms with Crippen molar-refractivity contribution in [3.8, 4) is 11.5 Å². The topological polar surface area (TPSA) is 39.5 Å². The zero-order valence-electron chi connectivity index (χ0n) is 15.6. The lowest BCUT2D eigenvalue weighted by Crippen LogP contribution is -2.26. The number of rotatable bonds is 7. The molecule has 1 aliphatic heterocycles. The number of aryl methyl sites for hydroxylation is 3. The Balaban J connectivity index is 1.51. The van der Waals surface area contributed by atoms with Gasteiger partial charge in [-0.05, 0) is 63.7 Å². The molecule has 2 aromatic rings. The van der Waals surface area contributed by atoms with Crippen LogP contribution in [-0.2, 0) is 6.54 Å². The molecule has 0 saturated carbocycles. The second-order valence-corrected chi connectivity index (χ2v) is 6.74. The van der Waals surface area contributed by atoms with E-state index in [-0.39, 0.29) is 0 Å². The summed E-state index contributed by atoms with van der Waals surface area (Å²) in [6.45, 7) is 7.71. The van der Waals surface area contributed by atoms with Gasteiger partial charge in [-0.2, -0.15) is 5.10 Å². The molecule has 1 aliphatic rings. The Hall–Kier alpha value is -2.27. The SMILES string of the molecule is COc1ccc2c(c1)OCC(CN(C)CCCn1nc(C)cc1C)=C2. The van der Waals surface area contributed by atoms with Gasteiger partial charge in [0.15, 0.2) is 0 Å². The number of fused-ring (bicyclic) bond motifs is 1. The van der Waals surface area contributed by atoms with Gasteiger partial charge in [0.25, 0.3) is 0 Å². The van der Waals surface area contributed by atoms with Gasteiger partial charge in [-0.3, -0.25) is 4.68 Å². The van der Waals surface area contributed by atoms with Gasteiger partial charge in [0.1, 0.15) is 18.1 Å². The van der Waals surface area contributed by atoms with Crippen LogP contribution >= 0.6 is 0 Å². The first-order valence-electron chi connectivity index (χ1n) is 8.75. The first kappa shape index (κ1) is 17.5. The second-order valence-electron chi connectivity index (χ2n) is 6.74. The van der Waals surface area contributed by atoms with Gasteiger partial charge < -0.3 is 14.4 Å². The standard InChI is InChI=1S/C20H27N3O2/c1-15-10-16(2)23(21-15)9-5-8-22(3)13-17-11-18-6-7-19(24-4)12-20(18)25-14-17/h6-7,10-12H,5,8-9,13-14H2,1-4H3. The fraction of sp³-hybridized carbons (Fsp3) is 0.450. The van der Waals surface area contributed by atoms with E-state index >= 15 is 0 Å². The number of nitrogens with zero attached hydrogens (tertiary/aromatic N) is 3. The predicted molar refractivity (Wildman–Crippen MR) is 100 cm³/mol. The number of ether oxygens (including phenoxy) is 2. The van der Waals surface area contributed by atoms with Crippen LogP contribution < -0.4 is 9.47 Å². The lowest BCUT2D eigenvalue weighted by Gasteiger charge is -2.23. The fourth-order valence-electron chi connectivity index (χ4n) is 3.23. The molecule has 1 aromatic heterocycles. The van der Waals surface area contributed by atoms with E-state index in [9.17, 15) is 0 Å². The van der Waals surface area contributed by atoms with Crippen molar-refractivity contribution < 1.29 is 9.47 Å². The summed E-state index contributed by atoms with van der Waals surface area (Å²) in [4.78, 5) is 2.34. The second kappa shape index (κ2) is 7.74. The Morgan fingerprint density at radius 1 is 1.28 bits per heavy atom. The molecule has 0 amide bonds. The third-order valence-electron chi connectivity index (χ3n) is 4.48. The normalized spacial score (nSPS) is 13.4. The van der Waals surface area contributed by atoms with Gasteiger partial charge in [0.2, 0.25) is 0 Å². The zero-order chi connectivity index (χ0) is 17.8. The number of methoxy groups -OCH3 is 1. The Morgan fingerprint density at radius 2 is 2.12 bits per heavy atom. The number of benzene rings is 1. The van der Waals surface area contributed by atoms with Gasteiger partial charge in [-0.15, -0.1) is 0 Å². The van der Waals surface area contributed by atoms with Crippen molar-refractivity contribution in [2.75, 3.05) is 33.9 Å². The lowest BCUT2D eigenvalue weighted by atomic mass is 10.1. The van der Waals surface area contributed by atoms with E-state index in [2.05, 4.69) is 46.9 Å². The summed E-state index contributed by atoms with van der Waals surface area (Å²) in [5.41, 5.74) is 4.74. The molecule has 1 aromatic carbocycles. The maximum Gasteiger partial charge on any atom is 0.130 e. The van der Waals surface area contributed by atoms with E-state index in [1.807, 2.05) is 19.1 Å². The Bertz CT molecular complexity index is 764. The monoisotopic (exact) mass is 341 g/mol. The van der Waals surface area contributed by atoms with Crippen LogP contribution in [0.4, 0.5) is 0 Å². The largest absolute Gasteiger partial charge is 0.497 e. The van der Waals surface area contributed by atoms with Crippen LogP contribution in [0.3, 0.4) is 0 Å². The van der Waals surface area contributed by atoms with Crippen molar-refractivity contribution in [2.45, 2.75) is 26.8 Å². The van der Waals surface area contributed by atoms with Gasteiger partial charge >= 0.3 is 0 Å². The van der Waals surface area contributed by atoms with Crippen LogP contribution in [0.25, 0.3) is 6.08 Å². The molecule has 0 atom stereocenters. The highest BCUT2D eigenvalue weighted by molar-refractivity contribution is 5.63. The van der Waals surface area contributed by atoms with Crippen LogP contribution in [0.15, 0.2) is 29.8 Å². The maximum absolute atomic E-state index is 5.88. The first-order valence-corrected chi connectivity index (χ1v) is 8.75. The third-order valence-corrected chi connectivity index (χ3v) is 4.48. The number of hydrogen-bond acceptors (Lipinski definition) is 4. The van der Waals surface area contributed by atoms with Crippen LogP contribution in [0.5, 0.6) is 11.5 Å². The lowest BCUT2D eigenvalue weighted by molar-refractivity contribution is 0.300. The minimum atomic E-state index is 0.641. The molecule has 3 rings (SSSR count). The molecule has 25 heavy (non-hydrogen) atoms. The minimum absolute atomic E-state index is 0.641. The highest BCUT2D eigenvalue weighted by atomic mass is 16.5. The molecule has 0 spiro atoms. The smallest absolute Gasteiger partial charge is 0.130 e. The first-order chi connectivity index (χ1) is 12.0. The van der Waals surface area contributed by atoms with E-state index in [1.165, 1.54) is 11.3 Å². The van der Waals surface area contributed by atoms with E-state index in [0.717, 1.165) is 48.8 Å².